The van der Waals surface area contributed by atoms with E-state index in [0.29, 0.717) is 13.0 Å². The average molecular weight is 325 g/mol. The normalized spacial score (nSPS) is 16.0. The van der Waals surface area contributed by atoms with Crippen LogP contribution < -0.4 is 4.74 Å². The lowest BCUT2D eigenvalue weighted by Crippen LogP contribution is -2.29. The first-order valence-electron chi connectivity index (χ1n) is 6.81. The Kier molecular flexibility index (Phi) is 5.87. The molecule has 1 heterocycles. The molecular weight excluding hydrogens is 306 g/mol. The van der Waals surface area contributed by atoms with Gasteiger partial charge in [-0.15, -0.1) is 0 Å². The number of carbonyl (C=O) groups is 1. The van der Waals surface area contributed by atoms with Gasteiger partial charge in [-0.3, -0.25) is 4.79 Å². The highest BCUT2D eigenvalue weighted by atomic mass is 32.2. The second-order valence-corrected chi connectivity index (χ2v) is 6.50. The molecule has 0 saturated carbocycles. The Balaban J connectivity index is 1.82. The number of ether oxygens (including phenoxy) is 2. The first-order chi connectivity index (χ1) is 10.1. The molecule has 1 aliphatic heterocycles. The molecule has 1 unspecified atom stereocenters. The van der Waals surface area contributed by atoms with Crippen LogP contribution in [-0.4, -0.2) is 41.7 Å². The Bertz CT molecular complexity index is 521. The van der Waals surface area contributed by atoms with Crippen LogP contribution in [0.4, 0.5) is 0 Å². The van der Waals surface area contributed by atoms with Gasteiger partial charge in [0.15, 0.2) is 0 Å². The molecule has 0 bridgehead atoms. The van der Waals surface area contributed by atoms with Crippen molar-refractivity contribution in [2.45, 2.75) is 18.9 Å². The van der Waals surface area contributed by atoms with Crippen LogP contribution in [0.25, 0.3) is 0 Å². The molecule has 0 aliphatic carbocycles. The van der Waals surface area contributed by atoms with Crippen LogP contribution in [-0.2, 0) is 9.53 Å². The average Bonchev–Trinajstić information content (AvgIpc) is 2.94. The number of carbonyl (C=O) groups excluding carboxylic acids is 1. The molecule has 1 aliphatic rings. The second-order valence-electron chi connectivity index (χ2n) is 4.77. The van der Waals surface area contributed by atoms with Crippen molar-refractivity contribution in [3.63, 3.8) is 0 Å². The Hall–Kier alpha value is -1.27. The summed E-state index contributed by atoms with van der Waals surface area (Å²) in [6, 6.07) is 8.22. The van der Waals surface area contributed by atoms with Crippen LogP contribution in [0, 0.1) is 0 Å². The van der Waals surface area contributed by atoms with E-state index in [1.165, 1.54) is 12.7 Å². The molecule has 0 saturated heterocycles. The van der Waals surface area contributed by atoms with Gasteiger partial charge in [0.05, 0.1) is 13.2 Å². The van der Waals surface area contributed by atoms with Gasteiger partial charge in [0.25, 0.3) is 0 Å². The smallest absolute Gasteiger partial charge is 0.305 e. The van der Waals surface area contributed by atoms with E-state index in [1.807, 2.05) is 25.2 Å². The molecule has 21 heavy (non-hydrogen) atoms. The van der Waals surface area contributed by atoms with Gasteiger partial charge in [-0.05, 0) is 12.5 Å². The van der Waals surface area contributed by atoms with Crippen molar-refractivity contribution in [2.75, 3.05) is 26.5 Å². The van der Waals surface area contributed by atoms with E-state index in [0.717, 1.165) is 22.2 Å². The molecule has 0 fully saturated rings. The van der Waals surface area contributed by atoms with Crippen molar-refractivity contribution >= 4 is 34.3 Å². The first kappa shape index (κ1) is 16.1. The van der Waals surface area contributed by atoms with Crippen molar-refractivity contribution < 1.29 is 14.3 Å². The highest BCUT2D eigenvalue weighted by molar-refractivity contribution is 8.22. The van der Waals surface area contributed by atoms with E-state index in [9.17, 15) is 4.79 Å². The summed E-state index contributed by atoms with van der Waals surface area (Å²) in [5.41, 5.74) is 1.18. The fraction of sp³-hybridized carbons (Fsp3) is 0.467. The van der Waals surface area contributed by atoms with Gasteiger partial charge in [-0.2, -0.15) is 0 Å². The predicted octanol–water partition coefficient (Wildman–Crippen LogP) is 3.02. The van der Waals surface area contributed by atoms with Gasteiger partial charge >= 0.3 is 5.97 Å². The fourth-order valence-electron chi connectivity index (χ4n) is 2.17. The van der Waals surface area contributed by atoms with Gasteiger partial charge < -0.3 is 14.4 Å². The Labute approximate surface area is 134 Å². The molecule has 0 N–H and O–H groups in total. The molecule has 2 rings (SSSR count). The number of thioether (sulfide) groups is 1. The van der Waals surface area contributed by atoms with Crippen LogP contribution in [0.15, 0.2) is 24.3 Å². The minimum Gasteiger partial charge on any atom is -0.491 e. The predicted molar refractivity (Wildman–Crippen MR) is 88.7 cm³/mol. The van der Waals surface area contributed by atoms with Gasteiger partial charge in [0, 0.05) is 24.8 Å². The highest BCUT2D eigenvalue weighted by Crippen LogP contribution is 2.36. The second kappa shape index (κ2) is 7.66. The number of hydrogen-bond acceptors (Lipinski definition) is 5. The zero-order valence-corrected chi connectivity index (χ0v) is 13.8. The molecule has 6 heteroatoms. The van der Waals surface area contributed by atoms with E-state index in [-0.39, 0.29) is 12.0 Å². The lowest BCUT2D eigenvalue weighted by atomic mass is 10.1. The number of esters is 1. The molecule has 0 aromatic heterocycles. The van der Waals surface area contributed by atoms with Crippen molar-refractivity contribution in [3.8, 4) is 5.75 Å². The number of fused-ring (bicyclic) bond motifs is 1. The minimum atomic E-state index is -0.173. The van der Waals surface area contributed by atoms with Crippen LogP contribution in [0.3, 0.4) is 0 Å². The van der Waals surface area contributed by atoms with Crippen LogP contribution in [0.5, 0.6) is 5.75 Å². The summed E-state index contributed by atoms with van der Waals surface area (Å²) in [6.45, 7) is 0.624. The van der Waals surface area contributed by atoms with Gasteiger partial charge in [0.2, 0.25) is 0 Å². The number of methoxy groups -OCH3 is 1. The maximum absolute atomic E-state index is 11.0. The number of thiocarbonyl (C=S) groups is 1. The molecular formula is C15H19NO3S2. The third-order valence-corrected chi connectivity index (χ3v) is 5.08. The van der Waals surface area contributed by atoms with Gasteiger partial charge in [0.1, 0.15) is 16.7 Å². The summed E-state index contributed by atoms with van der Waals surface area (Å²) in [4.78, 5) is 13.1. The maximum Gasteiger partial charge on any atom is 0.305 e. The summed E-state index contributed by atoms with van der Waals surface area (Å²) in [5, 5.41) is 0. The lowest BCUT2D eigenvalue weighted by Gasteiger charge is -2.25. The third kappa shape index (κ3) is 4.11. The third-order valence-electron chi connectivity index (χ3n) is 3.41. The van der Waals surface area contributed by atoms with Crippen LogP contribution >= 0.6 is 24.0 Å². The van der Waals surface area contributed by atoms with E-state index < -0.39 is 0 Å². The van der Waals surface area contributed by atoms with E-state index in [4.69, 9.17) is 17.0 Å². The monoisotopic (exact) mass is 325 g/mol. The molecule has 114 valence electrons. The molecule has 1 aromatic carbocycles. The number of benzene rings is 1. The number of hydrogen-bond donors (Lipinski definition) is 0. The summed E-state index contributed by atoms with van der Waals surface area (Å²) < 4.78 is 11.1. The number of para-hydroxylation sites is 1. The lowest BCUT2D eigenvalue weighted by molar-refractivity contribution is -0.140. The summed E-state index contributed by atoms with van der Waals surface area (Å²) in [7, 11) is 3.40. The van der Waals surface area contributed by atoms with Crippen molar-refractivity contribution in [3.05, 3.63) is 29.8 Å². The molecule has 4 nitrogen and oxygen atoms in total. The zero-order valence-electron chi connectivity index (χ0n) is 12.2. The van der Waals surface area contributed by atoms with Gasteiger partial charge in [-0.1, -0.05) is 42.2 Å². The molecule has 0 spiro atoms. The molecule has 0 radical (unpaired) electrons. The first-order valence-corrected chi connectivity index (χ1v) is 8.21. The molecule has 1 aromatic rings. The summed E-state index contributed by atoms with van der Waals surface area (Å²) in [5.74, 6) is 1.58. The quantitative estimate of drug-likeness (QED) is 0.471. The highest BCUT2D eigenvalue weighted by Gasteiger charge is 2.28. The summed E-state index contributed by atoms with van der Waals surface area (Å²) in [6.07, 6.45) is 1.20. The van der Waals surface area contributed by atoms with E-state index in [1.54, 1.807) is 11.8 Å². The zero-order chi connectivity index (χ0) is 15.2. The van der Waals surface area contributed by atoms with E-state index in [2.05, 4.69) is 15.7 Å². The van der Waals surface area contributed by atoms with Crippen molar-refractivity contribution in [1.29, 1.82) is 0 Å². The Morgan fingerprint density at radius 3 is 3.05 bits per heavy atom. The Morgan fingerprint density at radius 1 is 1.52 bits per heavy atom. The number of likely N-dealkylation sites (N-methyl/N-ethyl adjacent to an activating group) is 1. The SMILES string of the molecule is COC(=O)CCCSC(=S)N(C)C1COc2ccccc21. The number of rotatable bonds is 5. The van der Waals surface area contributed by atoms with E-state index >= 15 is 0 Å². The minimum absolute atomic E-state index is 0.168. The summed E-state index contributed by atoms with van der Waals surface area (Å²) >= 11 is 7.06. The topological polar surface area (TPSA) is 38.8 Å². The van der Waals surface area contributed by atoms with Crippen molar-refractivity contribution in [2.24, 2.45) is 0 Å². The standard InChI is InChI=1S/C15H19NO3S2/c1-16(15(20)21-9-5-8-14(17)18-2)12-10-19-13-7-4-3-6-11(12)13/h3-4,6-7,12H,5,8-10H2,1-2H3. The maximum atomic E-state index is 11.0. The fourth-order valence-corrected chi connectivity index (χ4v) is 3.34. The van der Waals surface area contributed by atoms with Crippen molar-refractivity contribution in [1.82, 2.24) is 4.90 Å². The molecule has 0 amide bonds. The largest absolute Gasteiger partial charge is 0.491 e. The van der Waals surface area contributed by atoms with Gasteiger partial charge in [-0.25, -0.2) is 0 Å². The number of nitrogens with zero attached hydrogens (tertiary/aromatic N) is 1. The van der Waals surface area contributed by atoms with Crippen LogP contribution in [0.1, 0.15) is 24.4 Å². The molecule has 1 atom stereocenters. The van der Waals surface area contributed by atoms with Crippen LogP contribution in [0.2, 0.25) is 0 Å². The Morgan fingerprint density at radius 2 is 2.29 bits per heavy atom.